The molecule has 1 aliphatic carbocycles. The number of ketones is 1. The largest absolute Gasteiger partial charge is 0.497 e. The van der Waals surface area contributed by atoms with Crippen molar-refractivity contribution in [1.29, 1.82) is 0 Å². The highest BCUT2D eigenvalue weighted by Gasteiger charge is 2.52. The van der Waals surface area contributed by atoms with Gasteiger partial charge in [-0.2, -0.15) is 0 Å². The Morgan fingerprint density at radius 2 is 1.90 bits per heavy atom. The van der Waals surface area contributed by atoms with Crippen molar-refractivity contribution >= 4 is 11.7 Å². The molecular formula is C23H30N2O5. The smallest absolute Gasteiger partial charge is 0.290 e. The zero-order valence-electron chi connectivity index (χ0n) is 18.1. The van der Waals surface area contributed by atoms with Crippen LogP contribution in [-0.4, -0.2) is 69.0 Å². The van der Waals surface area contributed by atoms with Crippen LogP contribution in [0, 0.1) is 5.92 Å². The van der Waals surface area contributed by atoms with Crippen LogP contribution in [0.15, 0.2) is 29.5 Å². The minimum atomic E-state index is -0.534. The third-order valence-corrected chi connectivity index (χ3v) is 6.38. The summed E-state index contributed by atoms with van der Waals surface area (Å²) in [5, 5.41) is 0. The molecule has 162 valence electrons. The summed E-state index contributed by atoms with van der Waals surface area (Å²) in [4.78, 5) is 30.8. The Balaban J connectivity index is 1.82. The number of benzene rings is 1. The van der Waals surface area contributed by atoms with E-state index in [1.54, 1.807) is 19.1 Å². The van der Waals surface area contributed by atoms with Crippen molar-refractivity contribution in [3.05, 3.63) is 35.1 Å². The first-order chi connectivity index (χ1) is 14.5. The summed E-state index contributed by atoms with van der Waals surface area (Å²) < 4.78 is 17.2. The second-order valence-corrected chi connectivity index (χ2v) is 8.47. The summed E-state index contributed by atoms with van der Waals surface area (Å²) in [6.07, 6.45) is 3.50. The Kier molecular flexibility index (Phi) is 5.73. The van der Waals surface area contributed by atoms with Gasteiger partial charge in [0.05, 0.1) is 31.8 Å². The average molecular weight is 415 g/mol. The van der Waals surface area contributed by atoms with E-state index in [9.17, 15) is 9.59 Å². The van der Waals surface area contributed by atoms with Gasteiger partial charge in [0, 0.05) is 18.7 Å². The van der Waals surface area contributed by atoms with Gasteiger partial charge in [0.1, 0.15) is 17.6 Å². The van der Waals surface area contributed by atoms with Crippen LogP contribution in [0.4, 0.5) is 0 Å². The predicted molar refractivity (Wildman–Crippen MR) is 111 cm³/mol. The lowest BCUT2D eigenvalue weighted by Crippen LogP contribution is -2.39. The first-order valence-electron chi connectivity index (χ1n) is 10.6. The van der Waals surface area contributed by atoms with Gasteiger partial charge in [-0.15, -0.1) is 0 Å². The number of hydrogen-bond acceptors (Lipinski definition) is 6. The molecule has 0 radical (unpaired) electrons. The van der Waals surface area contributed by atoms with E-state index in [1.165, 1.54) is 0 Å². The molecule has 2 heterocycles. The zero-order chi connectivity index (χ0) is 21.4. The molecule has 0 aromatic heterocycles. The first kappa shape index (κ1) is 20.7. The maximum atomic E-state index is 13.6. The molecule has 3 aliphatic rings. The van der Waals surface area contributed by atoms with Gasteiger partial charge in [-0.05, 0) is 51.6 Å². The lowest BCUT2D eigenvalue weighted by Gasteiger charge is -2.35. The zero-order valence-corrected chi connectivity index (χ0v) is 18.1. The molecule has 7 nitrogen and oxygen atoms in total. The number of methoxy groups -OCH3 is 2. The van der Waals surface area contributed by atoms with Crippen molar-refractivity contribution < 1.29 is 23.8 Å². The Labute approximate surface area is 177 Å². The van der Waals surface area contributed by atoms with Crippen molar-refractivity contribution in [1.82, 2.24) is 9.80 Å². The fourth-order valence-corrected chi connectivity index (χ4v) is 4.81. The van der Waals surface area contributed by atoms with E-state index in [0.717, 1.165) is 31.2 Å². The molecule has 1 saturated carbocycles. The van der Waals surface area contributed by atoms with Gasteiger partial charge >= 0.3 is 0 Å². The third kappa shape index (κ3) is 3.45. The Hall–Kier alpha value is -2.54. The van der Waals surface area contributed by atoms with E-state index in [1.807, 2.05) is 37.2 Å². The Bertz CT molecular complexity index is 878. The van der Waals surface area contributed by atoms with Crippen LogP contribution in [0.2, 0.25) is 0 Å². The summed E-state index contributed by atoms with van der Waals surface area (Å²) in [5.74, 6) is 1.18. The molecule has 2 aliphatic heterocycles. The topological polar surface area (TPSA) is 68.3 Å². The summed E-state index contributed by atoms with van der Waals surface area (Å²) in [6.45, 7) is 1.16. The van der Waals surface area contributed by atoms with E-state index in [2.05, 4.69) is 0 Å². The summed E-state index contributed by atoms with van der Waals surface area (Å²) in [7, 11) is 7.12. The van der Waals surface area contributed by atoms with Crippen LogP contribution in [0.1, 0.15) is 37.3 Å². The highest BCUT2D eigenvalue weighted by Crippen LogP contribution is 2.48. The molecular weight excluding hydrogens is 384 g/mol. The Morgan fingerprint density at radius 3 is 2.60 bits per heavy atom. The fraction of sp³-hybridized carbons (Fsp3) is 0.565. The van der Waals surface area contributed by atoms with Crippen molar-refractivity contribution in [3.63, 3.8) is 0 Å². The number of ether oxygens (including phenoxy) is 3. The van der Waals surface area contributed by atoms with Gasteiger partial charge in [0.2, 0.25) is 0 Å². The highest BCUT2D eigenvalue weighted by molar-refractivity contribution is 6.11. The Morgan fingerprint density at radius 1 is 1.13 bits per heavy atom. The molecule has 30 heavy (non-hydrogen) atoms. The normalized spacial score (nSPS) is 25.9. The lowest BCUT2D eigenvalue weighted by atomic mass is 9.77. The van der Waals surface area contributed by atoms with Crippen molar-refractivity contribution in [3.8, 4) is 11.5 Å². The minimum absolute atomic E-state index is 0.0523. The highest BCUT2D eigenvalue weighted by atomic mass is 16.5. The lowest BCUT2D eigenvalue weighted by molar-refractivity contribution is -0.135. The number of carbonyl (C=O) groups excluding carboxylic acids is 2. The molecule has 3 atom stereocenters. The maximum Gasteiger partial charge on any atom is 0.290 e. The van der Waals surface area contributed by atoms with Gasteiger partial charge in [0.25, 0.3) is 5.91 Å². The number of Topliss-reactive ketones (excluding diaryl/α,β-unsaturated/α-hetero) is 1. The van der Waals surface area contributed by atoms with E-state index in [4.69, 9.17) is 14.2 Å². The van der Waals surface area contributed by atoms with E-state index < -0.39 is 6.04 Å². The molecule has 4 rings (SSSR count). The molecule has 1 fully saturated rings. The van der Waals surface area contributed by atoms with Crippen LogP contribution in [0.3, 0.4) is 0 Å². The number of nitrogens with zero attached hydrogens (tertiary/aromatic N) is 2. The van der Waals surface area contributed by atoms with Crippen LogP contribution < -0.4 is 9.47 Å². The van der Waals surface area contributed by atoms with Crippen LogP contribution in [-0.2, 0) is 14.3 Å². The summed E-state index contributed by atoms with van der Waals surface area (Å²) in [5.41, 5.74) is 1.23. The fourth-order valence-electron chi connectivity index (χ4n) is 4.81. The second kappa shape index (κ2) is 8.30. The number of fused-ring (bicyclic) bond motifs is 1. The van der Waals surface area contributed by atoms with Crippen molar-refractivity contribution in [2.75, 3.05) is 41.4 Å². The predicted octanol–water partition coefficient (Wildman–Crippen LogP) is 2.56. The standard InChI is InChI=1S/C23H30N2O5/c1-24(2)11-12-25-20(16-13-14(28-3)9-10-17(16)29-4)19-21(26)15-7-5-6-8-18(15)30-22(19)23(25)27/h9-10,13,15,18,20H,5-8,11-12H2,1-4H3. The monoisotopic (exact) mass is 414 g/mol. The van der Waals surface area contributed by atoms with Gasteiger partial charge in [0.15, 0.2) is 11.5 Å². The average Bonchev–Trinajstić information content (AvgIpc) is 3.03. The third-order valence-electron chi connectivity index (χ3n) is 6.38. The second-order valence-electron chi connectivity index (χ2n) is 8.47. The number of carbonyl (C=O) groups is 2. The SMILES string of the molecule is COc1ccc(OC)c(C2C3=C(OC4CCCCC4C3=O)C(=O)N2CCN(C)C)c1. The number of rotatable bonds is 6. The number of amides is 1. The number of hydrogen-bond donors (Lipinski definition) is 0. The first-order valence-corrected chi connectivity index (χ1v) is 10.6. The quantitative estimate of drug-likeness (QED) is 0.713. The van der Waals surface area contributed by atoms with E-state index in [-0.39, 0.29) is 29.5 Å². The van der Waals surface area contributed by atoms with E-state index in [0.29, 0.717) is 30.2 Å². The van der Waals surface area contributed by atoms with Gasteiger partial charge < -0.3 is 24.0 Å². The molecule has 0 N–H and O–H groups in total. The maximum absolute atomic E-state index is 13.6. The van der Waals surface area contributed by atoms with Crippen molar-refractivity contribution in [2.45, 2.75) is 37.8 Å². The summed E-state index contributed by atoms with van der Waals surface area (Å²) in [6, 6.07) is 4.96. The van der Waals surface area contributed by atoms with Crippen molar-refractivity contribution in [2.24, 2.45) is 5.92 Å². The van der Waals surface area contributed by atoms with Gasteiger partial charge in [-0.1, -0.05) is 6.42 Å². The van der Waals surface area contributed by atoms with Crippen LogP contribution in [0.5, 0.6) is 11.5 Å². The molecule has 1 amide bonds. The van der Waals surface area contributed by atoms with Gasteiger partial charge in [-0.3, -0.25) is 9.59 Å². The molecule has 1 aromatic carbocycles. The molecule has 0 spiro atoms. The van der Waals surface area contributed by atoms with Crippen LogP contribution in [0.25, 0.3) is 0 Å². The van der Waals surface area contributed by atoms with E-state index >= 15 is 0 Å². The van der Waals surface area contributed by atoms with Crippen LogP contribution >= 0.6 is 0 Å². The minimum Gasteiger partial charge on any atom is -0.497 e. The molecule has 7 heteroatoms. The molecule has 0 saturated heterocycles. The molecule has 0 bridgehead atoms. The number of likely N-dealkylation sites (N-methyl/N-ethyl adjacent to an activating group) is 1. The molecule has 1 aromatic rings. The summed E-state index contributed by atoms with van der Waals surface area (Å²) >= 11 is 0. The van der Waals surface area contributed by atoms with Gasteiger partial charge in [-0.25, -0.2) is 0 Å². The molecule has 3 unspecified atom stereocenters.